The molecule has 0 fully saturated rings. The van der Waals surface area contributed by atoms with Crippen LogP contribution in [0.25, 0.3) is 11.0 Å². The van der Waals surface area contributed by atoms with E-state index in [1.165, 1.54) is 19.5 Å². The lowest BCUT2D eigenvalue weighted by atomic mass is 10.2. The van der Waals surface area contributed by atoms with E-state index in [9.17, 15) is 9.59 Å². The van der Waals surface area contributed by atoms with E-state index < -0.39 is 11.4 Å². The number of fused-ring (bicyclic) bond motifs is 1. The summed E-state index contributed by atoms with van der Waals surface area (Å²) in [5.74, 6) is -0.728. The number of pyridine rings is 2. The maximum atomic E-state index is 11.9. The van der Waals surface area contributed by atoms with Crippen LogP contribution in [0.15, 0.2) is 23.3 Å². The van der Waals surface area contributed by atoms with Gasteiger partial charge in [-0.1, -0.05) is 0 Å². The molecule has 2 heterocycles. The molecule has 0 radical (unpaired) electrons. The van der Waals surface area contributed by atoms with E-state index in [2.05, 4.69) is 4.98 Å². The number of aryl methyl sites for hydroxylation is 1. The predicted octanol–water partition coefficient (Wildman–Crippen LogP) is 1.12. The van der Waals surface area contributed by atoms with Crippen molar-refractivity contribution in [3.63, 3.8) is 0 Å². The number of rotatable bonds is 3. The van der Waals surface area contributed by atoms with Crippen LogP contribution in [0.4, 0.5) is 0 Å². The average Bonchev–Trinajstić information content (AvgIpc) is 2.38. The molecular weight excluding hydrogens is 236 g/mol. The second kappa shape index (κ2) is 4.48. The van der Waals surface area contributed by atoms with E-state index in [1.807, 2.05) is 6.92 Å². The van der Waals surface area contributed by atoms with Gasteiger partial charge in [0.1, 0.15) is 16.8 Å². The summed E-state index contributed by atoms with van der Waals surface area (Å²) in [6.07, 6.45) is 2.73. The molecule has 0 aromatic carbocycles. The minimum Gasteiger partial charge on any atom is -0.495 e. The van der Waals surface area contributed by atoms with Crippen LogP contribution >= 0.6 is 0 Å². The van der Waals surface area contributed by atoms with Crippen molar-refractivity contribution in [2.45, 2.75) is 13.5 Å². The number of aromatic nitrogens is 2. The van der Waals surface area contributed by atoms with Crippen molar-refractivity contribution in [1.29, 1.82) is 0 Å². The maximum Gasteiger partial charge on any atom is 0.341 e. The average molecular weight is 248 g/mol. The number of nitrogens with zero attached hydrogens (tertiary/aromatic N) is 2. The molecule has 0 spiro atoms. The van der Waals surface area contributed by atoms with Gasteiger partial charge in [0.15, 0.2) is 0 Å². The Morgan fingerprint density at radius 2 is 2.28 bits per heavy atom. The molecule has 0 unspecified atom stereocenters. The van der Waals surface area contributed by atoms with Crippen molar-refractivity contribution in [2.24, 2.45) is 0 Å². The van der Waals surface area contributed by atoms with Gasteiger partial charge in [-0.3, -0.25) is 4.79 Å². The van der Waals surface area contributed by atoms with Crippen molar-refractivity contribution < 1.29 is 14.6 Å². The molecule has 0 aliphatic rings. The lowest BCUT2D eigenvalue weighted by Gasteiger charge is -2.10. The first-order valence-corrected chi connectivity index (χ1v) is 5.39. The van der Waals surface area contributed by atoms with Crippen molar-refractivity contribution >= 4 is 17.0 Å². The number of ether oxygens (including phenoxy) is 1. The van der Waals surface area contributed by atoms with Crippen LogP contribution in [0.2, 0.25) is 0 Å². The molecule has 6 heteroatoms. The molecule has 18 heavy (non-hydrogen) atoms. The summed E-state index contributed by atoms with van der Waals surface area (Å²) in [5.41, 5.74) is -0.156. The smallest absolute Gasteiger partial charge is 0.341 e. The molecule has 2 aromatic rings. The quantitative estimate of drug-likeness (QED) is 0.880. The largest absolute Gasteiger partial charge is 0.495 e. The highest BCUT2D eigenvalue weighted by Crippen LogP contribution is 2.16. The van der Waals surface area contributed by atoms with Gasteiger partial charge in [-0.05, 0) is 6.92 Å². The standard InChI is InChI=1S/C12H12N2O4/c1-3-14-6-8(12(16)17)11(15)10-9(14)4-7(18-2)5-13-10/h4-6H,3H2,1-2H3,(H,16,17). The fraction of sp³-hybridized carbons (Fsp3) is 0.250. The number of carbonyl (C=O) groups is 1. The van der Waals surface area contributed by atoms with E-state index in [4.69, 9.17) is 9.84 Å². The monoisotopic (exact) mass is 248 g/mol. The Balaban J connectivity index is 2.88. The summed E-state index contributed by atoms with van der Waals surface area (Å²) < 4.78 is 6.71. The van der Waals surface area contributed by atoms with Gasteiger partial charge >= 0.3 is 5.97 Å². The molecule has 6 nitrogen and oxygen atoms in total. The minimum atomic E-state index is -1.25. The second-order valence-corrected chi connectivity index (χ2v) is 3.71. The summed E-state index contributed by atoms with van der Waals surface area (Å²) >= 11 is 0. The molecule has 2 rings (SSSR count). The van der Waals surface area contributed by atoms with Gasteiger partial charge < -0.3 is 14.4 Å². The van der Waals surface area contributed by atoms with Gasteiger partial charge in [0, 0.05) is 18.8 Å². The SMILES string of the molecule is CCn1cc(C(=O)O)c(=O)c2ncc(OC)cc21. The Hall–Kier alpha value is -2.37. The third-order valence-corrected chi connectivity index (χ3v) is 2.70. The zero-order chi connectivity index (χ0) is 13.3. The molecule has 94 valence electrons. The Morgan fingerprint density at radius 1 is 1.56 bits per heavy atom. The molecule has 0 saturated carbocycles. The number of hydrogen-bond acceptors (Lipinski definition) is 4. The molecule has 0 saturated heterocycles. The Morgan fingerprint density at radius 3 is 2.83 bits per heavy atom. The van der Waals surface area contributed by atoms with Crippen molar-refractivity contribution in [3.05, 3.63) is 34.2 Å². The fourth-order valence-electron chi connectivity index (χ4n) is 1.77. The summed E-state index contributed by atoms with van der Waals surface area (Å²) in [6, 6.07) is 1.67. The summed E-state index contributed by atoms with van der Waals surface area (Å²) in [6.45, 7) is 2.39. The van der Waals surface area contributed by atoms with Crippen molar-refractivity contribution in [1.82, 2.24) is 9.55 Å². The molecule has 0 aliphatic carbocycles. The molecule has 0 atom stereocenters. The fourth-order valence-corrected chi connectivity index (χ4v) is 1.77. The Bertz CT molecular complexity index is 676. The lowest BCUT2D eigenvalue weighted by Crippen LogP contribution is -2.19. The van der Waals surface area contributed by atoms with Crippen molar-refractivity contribution in [3.8, 4) is 5.75 Å². The predicted molar refractivity (Wildman–Crippen MR) is 65.2 cm³/mol. The topological polar surface area (TPSA) is 81.4 Å². The normalized spacial score (nSPS) is 10.6. The summed E-state index contributed by atoms with van der Waals surface area (Å²) in [5, 5.41) is 8.98. The van der Waals surface area contributed by atoms with Crippen LogP contribution in [0.5, 0.6) is 5.75 Å². The highest BCUT2D eigenvalue weighted by molar-refractivity contribution is 5.91. The summed E-state index contributed by atoms with van der Waals surface area (Å²) in [7, 11) is 1.50. The lowest BCUT2D eigenvalue weighted by molar-refractivity contribution is 0.0695. The Labute approximate surface area is 102 Å². The molecule has 0 aliphatic heterocycles. The van der Waals surface area contributed by atoms with Crippen LogP contribution in [-0.4, -0.2) is 27.7 Å². The maximum absolute atomic E-state index is 11.9. The first kappa shape index (κ1) is 12.1. The highest BCUT2D eigenvalue weighted by atomic mass is 16.5. The highest BCUT2D eigenvalue weighted by Gasteiger charge is 2.15. The van der Waals surface area contributed by atoms with Crippen LogP contribution in [0.3, 0.4) is 0 Å². The number of hydrogen-bond donors (Lipinski definition) is 1. The zero-order valence-electron chi connectivity index (χ0n) is 10.0. The third-order valence-electron chi connectivity index (χ3n) is 2.70. The van der Waals surface area contributed by atoms with Crippen LogP contribution in [0.1, 0.15) is 17.3 Å². The molecular formula is C12H12N2O4. The molecule has 0 bridgehead atoms. The third kappa shape index (κ3) is 1.81. The van der Waals surface area contributed by atoms with E-state index in [0.29, 0.717) is 17.8 Å². The number of aromatic carboxylic acids is 1. The number of carboxylic acid groups (broad SMARTS) is 1. The van der Waals surface area contributed by atoms with E-state index >= 15 is 0 Å². The van der Waals surface area contributed by atoms with Gasteiger partial charge in [-0.15, -0.1) is 0 Å². The number of methoxy groups -OCH3 is 1. The van der Waals surface area contributed by atoms with Gasteiger partial charge in [-0.25, -0.2) is 9.78 Å². The number of carboxylic acids is 1. The first-order valence-electron chi connectivity index (χ1n) is 5.39. The van der Waals surface area contributed by atoms with Gasteiger partial charge in [0.05, 0.1) is 18.8 Å². The second-order valence-electron chi connectivity index (χ2n) is 3.71. The van der Waals surface area contributed by atoms with E-state index in [-0.39, 0.29) is 11.1 Å². The van der Waals surface area contributed by atoms with E-state index in [1.54, 1.807) is 10.6 Å². The van der Waals surface area contributed by atoms with E-state index in [0.717, 1.165) is 0 Å². The van der Waals surface area contributed by atoms with Crippen molar-refractivity contribution in [2.75, 3.05) is 7.11 Å². The van der Waals surface area contributed by atoms with Crippen LogP contribution < -0.4 is 10.2 Å². The Kier molecular flexibility index (Phi) is 3.01. The molecule has 2 aromatic heterocycles. The first-order chi connectivity index (χ1) is 8.58. The summed E-state index contributed by atoms with van der Waals surface area (Å²) in [4.78, 5) is 26.9. The molecule has 0 amide bonds. The molecule has 1 N–H and O–H groups in total. The van der Waals surface area contributed by atoms with Gasteiger partial charge in [0.2, 0.25) is 5.43 Å². The van der Waals surface area contributed by atoms with Gasteiger partial charge in [-0.2, -0.15) is 0 Å². The minimum absolute atomic E-state index is 0.137. The zero-order valence-corrected chi connectivity index (χ0v) is 10.0. The van der Waals surface area contributed by atoms with Crippen LogP contribution in [0, 0.1) is 0 Å². The van der Waals surface area contributed by atoms with Crippen LogP contribution in [-0.2, 0) is 6.54 Å². The van der Waals surface area contributed by atoms with Gasteiger partial charge in [0.25, 0.3) is 0 Å².